The van der Waals surface area contributed by atoms with Gasteiger partial charge in [-0.1, -0.05) is 6.07 Å². The largest absolute Gasteiger partial charge is 0.711 e. The molecule has 1 atom stereocenters. The number of aromatic nitrogens is 2. The van der Waals surface area contributed by atoms with Crippen LogP contribution in [0.15, 0.2) is 18.2 Å². The number of nitrogens with zero attached hydrogens (tertiary/aromatic N) is 2. The van der Waals surface area contributed by atoms with Crippen LogP contribution >= 0.6 is 0 Å². The van der Waals surface area contributed by atoms with Crippen LogP contribution in [0, 0.1) is 36.6 Å². The van der Waals surface area contributed by atoms with Crippen LogP contribution in [-0.4, -0.2) is 34.1 Å². The molecular formula is C18H18F2N4O5. The molecule has 2 aromatic rings. The number of aliphatic hydroxyl groups is 1. The van der Waals surface area contributed by atoms with Crippen molar-refractivity contribution in [3.8, 4) is 0 Å². The van der Waals surface area contributed by atoms with Gasteiger partial charge in [0.05, 0.1) is 6.61 Å². The molecule has 3 N–H and O–H groups in total. The highest BCUT2D eigenvalue weighted by Crippen LogP contribution is 2.34. The minimum absolute atomic E-state index is 0.0187. The summed E-state index contributed by atoms with van der Waals surface area (Å²) in [5.41, 5.74) is 0.688. The normalized spacial score (nSPS) is 16.0. The van der Waals surface area contributed by atoms with Crippen molar-refractivity contribution in [3.63, 3.8) is 0 Å². The molecule has 1 aromatic heterocycles. The van der Waals surface area contributed by atoms with Crippen LogP contribution in [0.2, 0.25) is 0 Å². The first-order valence-corrected chi connectivity index (χ1v) is 8.68. The van der Waals surface area contributed by atoms with Crippen LogP contribution in [0.25, 0.3) is 0 Å². The molecule has 4 amide bonds. The number of benzene rings is 1. The molecule has 1 fully saturated rings. The van der Waals surface area contributed by atoms with Gasteiger partial charge in [-0.15, -0.1) is 0 Å². The van der Waals surface area contributed by atoms with E-state index < -0.39 is 41.3 Å². The number of imide groups is 2. The first kappa shape index (κ1) is 20.4. The molecule has 1 saturated heterocycles. The van der Waals surface area contributed by atoms with Crippen LogP contribution in [-0.2, 0) is 16.1 Å². The zero-order valence-corrected chi connectivity index (χ0v) is 15.5. The third kappa shape index (κ3) is 3.44. The molecule has 1 aliphatic rings. The van der Waals surface area contributed by atoms with E-state index in [2.05, 4.69) is 0 Å². The van der Waals surface area contributed by atoms with E-state index in [1.54, 1.807) is 6.92 Å². The third-order valence-corrected chi connectivity index (χ3v) is 4.99. The Balaban J connectivity index is 2.29. The topological polar surface area (TPSA) is 127 Å². The Morgan fingerprint density at radius 1 is 1.17 bits per heavy atom. The molecule has 0 bridgehead atoms. The molecule has 0 aliphatic carbocycles. The number of imidazole rings is 1. The Labute approximate surface area is 163 Å². The van der Waals surface area contributed by atoms with Gasteiger partial charge in [-0.05, 0) is 17.7 Å². The Morgan fingerprint density at radius 3 is 2.34 bits per heavy atom. The van der Waals surface area contributed by atoms with E-state index in [1.807, 2.05) is 10.6 Å². The van der Waals surface area contributed by atoms with Crippen LogP contribution in [0.4, 0.5) is 13.6 Å². The SMILES string of the molecule is Cc1c(C)[n+]([O-])c([C@H](c2ccc(F)c(F)c2)C2C(=O)NC(=O)NC2=O)n1CCO. The van der Waals surface area contributed by atoms with Crippen molar-refractivity contribution in [2.75, 3.05) is 6.61 Å². The number of urea groups is 1. The maximum absolute atomic E-state index is 14.0. The summed E-state index contributed by atoms with van der Waals surface area (Å²) in [7, 11) is 0. The number of aliphatic hydroxyl groups excluding tert-OH is 1. The molecule has 29 heavy (non-hydrogen) atoms. The highest BCUT2D eigenvalue weighted by atomic mass is 19.2. The predicted octanol–water partition coefficient (Wildman–Crippen LogP) is 0.123. The summed E-state index contributed by atoms with van der Waals surface area (Å²) < 4.78 is 29.3. The van der Waals surface area contributed by atoms with Gasteiger partial charge in [-0.25, -0.2) is 22.9 Å². The van der Waals surface area contributed by atoms with E-state index >= 15 is 0 Å². The van der Waals surface area contributed by atoms with Crippen molar-refractivity contribution in [1.29, 1.82) is 0 Å². The van der Waals surface area contributed by atoms with E-state index in [9.17, 15) is 33.5 Å². The molecule has 1 aromatic carbocycles. The molecule has 0 spiro atoms. The first-order valence-electron chi connectivity index (χ1n) is 8.68. The lowest BCUT2D eigenvalue weighted by Gasteiger charge is -2.27. The van der Waals surface area contributed by atoms with Gasteiger partial charge in [0.1, 0.15) is 29.8 Å². The molecule has 0 unspecified atom stereocenters. The van der Waals surface area contributed by atoms with E-state index in [0.717, 1.165) is 18.2 Å². The zero-order chi connectivity index (χ0) is 21.5. The monoisotopic (exact) mass is 408 g/mol. The van der Waals surface area contributed by atoms with Crippen molar-refractivity contribution < 1.29 is 33.0 Å². The minimum atomic E-state index is -1.61. The van der Waals surface area contributed by atoms with Gasteiger partial charge in [0, 0.05) is 13.8 Å². The van der Waals surface area contributed by atoms with Crippen molar-refractivity contribution in [3.05, 3.63) is 57.8 Å². The van der Waals surface area contributed by atoms with E-state index in [-0.39, 0.29) is 30.2 Å². The number of barbiturate groups is 1. The van der Waals surface area contributed by atoms with Gasteiger partial charge in [0.15, 0.2) is 11.6 Å². The molecule has 9 nitrogen and oxygen atoms in total. The number of hydrogen-bond acceptors (Lipinski definition) is 5. The van der Waals surface area contributed by atoms with E-state index in [4.69, 9.17) is 0 Å². The number of halogens is 2. The molecule has 0 saturated carbocycles. The van der Waals surface area contributed by atoms with Gasteiger partial charge >= 0.3 is 6.03 Å². The summed E-state index contributed by atoms with van der Waals surface area (Å²) in [6.45, 7) is 2.72. The van der Waals surface area contributed by atoms with Gasteiger partial charge in [0.25, 0.3) is 5.82 Å². The lowest BCUT2D eigenvalue weighted by molar-refractivity contribution is -0.621. The van der Waals surface area contributed by atoms with Crippen molar-refractivity contribution >= 4 is 17.8 Å². The first-order chi connectivity index (χ1) is 13.7. The van der Waals surface area contributed by atoms with Gasteiger partial charge < -0.3 is 10.3 Å². The molecule has 154 valence electrons. The molecule has 0 radical (unpaired) electrons. The number of amides is 4. The van der Waals surface area contributed by atoms with E-state index in [1.165, 1.54) is 11.5 Å². The van der Waals surface area contributed by atoms with Gasteiger partial charge in [-0.2, -0.15) is 0 Å². The average molecular weight is 408 g/mol. The van der Waals surface area contributed by atoms with Crippen LogP contribution in [0.1, 0.15) is 28.7 Å². The highest BCUT2D eigenvalue weighted by molar-refractivity contribution is 6.16. The van der Waals surface area contributed by atoms with E-state index in [0.29, 0.717) is 10.4 Å². The molecule has 3 rings (SSSR count). The number of rotatable bonds is 5. The lowest BCUT2D eigenvalue weighted by Crippen LogP contribution is -2.58. The Kier molecular flexibility index (Phi) is 5.33. The molecular weight excluding hydrogens is 390 g/mol. The van der Waals surface area contributed by atoms with Crippen molar-refractivity contribution in [2.45, 2.75) is 26.3 Å². The summed E-state index contributed by atoms with van der Waals surface area (Å²) in [5.74, 6) is -7.43. The Hall–Kier alpha value is -3.34. The van der Waals surface area contributed by atoms with Gasteiger partial charge in [-0.3, -0.25) is 20.2 Å². The standard InChI is InChI=1S/C18H18F2N4O5/c1-8-9(2)24(29)17(23(8)5-6-25)13(10-3-4-11(19)12(20)7-10)14-15(26)21-18(28)22-16(14)27/h3-4,7,13-14,25H,5-6H2,1-2H3,(H2,21,22,26,27,28)/t13-/m1/s1. The summed E-state index contributed by atoms with van der Waals surface area (Å²) in [5, 5.41) is 26.2. The quantitative estimate of drug-likeness (QED) is 0.368. The summed E-state index contributed by atoms with van der Waals surface area (Å²) in [6, 6.07) is 1.74. The van der Waals surface area contributed by atoms with Crippen LogP contribution in [0.5, 0.6) is 0 Å². The molecule has 1 aliphatic heterocycles. The molecule has 2 heterocycles. The second kappa shape index (κ2) is 7.59. The highest BCUT2D eigenvalue weighted by Gasteiger charge is 2.47. The van der Waals surface area contributed by atoms with Gasteiger partial charge in [0.2, 0.25) is 11.8 Å². The molecule has 11 heteroatoms. The van der Waals surface area contributed by atoms with Crippen LogP contribution in [0.3, 0.4) is 0 Å². The second-order valence-electron chi connectivity index (χ2n) is 6.64. The summed E-state index contributed by atoms with van der Waals surface area (Å²) in [6.07, 6.45) is 0. The third-order valence-electron chi connectivity index (χ3n) is 4.99. The maximum atomic E-state index is 14.0. The smallest absolute Gasteiger partial charge is 0.328 e. The number of hydrogen-bond donors (Lipinski definition) is 3. The fourth-order valence-corrected chi connectivity index (χ4v) is 3.50. The second-order valence-corrected chi connectivity index (χ2v) is 6.64. The fraction of sp³-hybridized carbons (Fsp3) is 0.333. The number of carbonyl (C=O) groups is 3. The number of nitrogens with one attached hydrogen (secondary N) is 2. The predicted molar refractivity (Wildman–Crippen MR) is 93.3 cm³/mol. The average Bonchev–Trinajstić information content (AvgIpc) is 2.85. The van der Waals surface area contributed by atoms with Crippen molar-refractivity contribution in [1.82, 2.24) is 15.2 Å². The summed E-state index contributed by atoms with van der Waals surface area (Å²) in [4.78, 5) is 36.4. The fourth-order valence-electron chi connectivity index (χ4n) is 3.50. The summed E-state index contributed by atoms with van der Waals surface area (Å²) >= 11 is 0. The Bertz CT molecular complexity index is 1000. The zero-order valence-electron chi connectivity index (χ0n) is 15.5. The van der Waals surface area contributed by atoms with Crippen LogP contribution < -0.4 is 15.4 Å². The Morgan fingerprint density at radius 2 is 1.79 bits per heavy atom. The number of carbonyl (C=O) groups excluding carboxylic acids is 3. The minimum Gasteiger partial charge on any atom is -0.711 e. The van der Waals surface area contributed by atoms with Crippen molar-refractivity contribution in [2.24, 2.45) is 5.92 Å². The lowest BCUT2D eigenvalue weighted by atomic mass is 9.83. The maximum Gasteiger partial charge on any atom is 0.328 e.